The van der Waals surface area contributed by atoms with Crippen molar-refractivity contribution in [2.24, 2.45) is 5.41 Å². The van der Waals surface area contributed by atoms with E-state index in [-0.39, 0.29) is 0 Å². The minimum absolute atomic E-state index is 0.594. The van der Waals surface area contributed by atoms with Gasteiger partial charge in [0.05, 0.1) is 0 Å². The zero-order chi connectivity index (χ0) is 9.43. The summed E-state index contributed by atoms with van der Waals surface area (Å²) in [4.78, 5) is 2.35. The number of hydrogen-bond donors (Lipinski definition) is 1. The van der Waals surface area contributed by atoms with Crippen LogP contribution in [0.1, 0.15) is 12.8 Å². The Bertz CT molecular complexity index is 297. The van der Waals surface area contributed by atoms with Crippen LogP contribution in [0, 0.1) is 5.41 Å². The van der Waals surface area contributed by atoms with Crippen molar-refractivity contribution in [2.75, 3.05) is 31.1 Å². The molecule has 2 fully saturated rings. The minimum Gasteiger partial charge on any atom is -0.345 e. The first-order valence-corrected chi connectivity index (χ1v) is 5.98. The molecule has 0 aliphatic carbocycles. The Kier molecular flexibility index (Phi) is 1.95. The van der Waals surface area contributed by atoms with Crippen LogP contribution in [0.2, 0.25) is 0 Å². The van der Waals surface area contributed by atoms with E-state index in [9.17, 15) is 0 Å². The van der Waals surface area contributed by atoms with Crippen molar-refractivity contribution in [3.05, 3.63) is 5.51 Å². The Morgan fingerprint density at radius 1 is 1.36 bits per heavy atom. The molecule has 3 rings (SSSR count). The lowest BCUT2D eigenvalue weighted by molar-refractivity contribution is 0.149. The van der Waals surface area contributed by atoms with Gasteiger partial charge in [0.1, 0.15) is 5.51 Å². The fourth-order valence-corrected chi connectivity index (χ4v) is 3.04. The third-order valence-electron chi connectivity index (χ3n) is 3.34. The highest BCUT2D eigenvalue weighted by Crippen LogP contribution is 2.41. The van der Waals surface area contributed by atoms with Crippen LogP contribution >= 0.6 is 11.3 Å². The molecule has 0 aromatic carbocycles. The minimum atomic E-state index is 0.594. The van der Waals surface area contributed by atoms with Gasteiger partial charge in [-0.05, 0) is 25.9 Å². The summed E-state index contributed by atoms with van der Waals surface area (Å²) in [5.74, 6) is 0. The highest BCUT2D eigenvalue weighted by Gasteiger charge is 2.44. The Balaban J connectivity index is 1.65. The summed E-state index contributed by atoms with van der Waals surface area (Å²) < 4.78 is 0. The summed E-state index contributed by atoms with van der Waals surface area (Å²) >= 11 is 1.64. The SMILES string of the molecule is c1nnc(N2CC3(CCNCC3)C2)s1. The van der Waals surface area contributed by atoms with Crippen molar-refractivity contribution in [2.45, 2.75) is 12.8 Å². The Labute approximate surface area is 87.3 Å². The van der Waals surface area contributed by atoms with Gasteiger partial charge in [-0.3, -0.25) is 0 Å². The lowest BCUT2D eigenvalue weighted by Gasteiger charge is -2.52. The van der Waals surface area contributed by atoms with Crippen LogP contribution in [-0.4, -0.2) is 36.4 Å². The molecule has 76 valence electrons. The number of aromatic nitrogens is 2. The molecular formula is C9H14N4S. The monoisotopic (exact) mass is 210 g/mol. The standard InChI is InChI=1S/C9H14N4S/c1-3-10-4-2-9(1)5-13(6-9)8-12-11-7-14-8/h7,10H,1-6H2. The van der Waals surface area contributed by atoms with Crippen LogP contribution in [0.3, 0.4) is 0 Å². The molecule has 0 amide bonds. The lowest BCUT2D eigenvalue weighted by Crippen LogP contribution is -2.60. The van der Waals surface area contributed by atoms with E-state index in [2.05, 4.69) is 20.4 Å². The topological polar surface area (TPSA) is 41.1 Å². The summed E-state index contributed by atoms with van der Waals surface area (Å²) in [6, 6.07) is 0. The second kappa shape index (κ2) is 3.17. The first kappa shape index (κ1) is 8.61. The van der Waals surface area contributed by atoms with E-state index in [1.54, 1.807) is 11.3 Å². The fraction of sp³-hybridized carbons (Fsp3) is 0.778. The van der Waals surface area contributed by atoms with Gasteiger partial charge in [-0.1, -0.05) is 11.3 Å². The fourth-order valence-electron chi connectivity index (χ4n) is 2.48. The molecular weight excluding hydrogens is 196 g/mol. The summed E-state index contributed by atoms with van der Waals surface area (Å²) in [5.41, 5.74) is 2.40. The normalized spacial score (nSPS) is 25.0. The number of rotatable bonds is 1. The summed E-state index contributed by atoms with van der Waals surface area (Å²) in [6.07, 6.45) is 2.64. The maximum Gasteiger partial charge on any atom is 0.208 e. The molecule has 0 bridgehead atoms. The predicted molar refractivity (Wildman–Crippen MR) is 56.7 cm³/mol. The molecule has 0 saturated carbocycles. The zero-order valence-electron chi connectivity index (χ0n) is 8.07. The van der Waals surface area contributed by atoms with Crippen LogP contribution in [0.4, 0.5) is 5.13 Å². The number of nitrogens with zero attached hydrogens (tertiary/aromatic N) is 3. The van der Waals surface area contributed by atoms with Crippen molar-refractivity contribution >= 4 is 16.5 Å². The summed E-state index contributed by atoms with van der Waals surface area (Å²) in [7, 11) is 0. The zero-order valence-corrected chi connectivity index (χ0v) is 8.89. The smallest absolute Gasteiger partial charge is 0.208 e. The average Bonchev–Trinajstić information content (AvgIpc) is 2.68. The molecule has 4 nitrogen and oxygen atoms in total. The van der Waals surface area contributed by atoms with Gasteiger partial charge in [-0.25, -0.2) is 0 Å². The maximum absolute atomic E-state index is 4.10. The van der Waals surface area contributed by atoms with Crippen LogP contribution in [0.25, 0.3) is 0 Å². The van der Waals surface area contributed by atoms with Gasteiger partial charge >= 0.3 is 0 Å². The first-order chi connectivity index (χ1) is 6.88. The van der Waals surface area contributed by atoms with Crippen molar-refractivity contribution < 1.29 is 0 Å². The molecule has 5 heteroatoms. The maximum atomic E-state index is 4.10. The van der Waals surface area contributed by atoms with E-state index in [4.69, 9.17) is 0 Å². The van der Waals surface area contributed by atoms with Gasteiger partial charge in [0.15, 0.2) is 0 Å². The Hall–Kier alpha value is -0.680. The number of piperidine rings is 1. The van der Waals surface area contributed by atoms with Crippen molar-refractivity contribution in [1.29, 1.82) is 0 Å². The summed E-state index contributed by atoms with van der Waals surface area (Å²) in [6.45, 7) is 4.74. The van der Waals surface area contributed by atoms with Gasteiger partial charge in [0.2, 0.25) is 5.13 Å². The molecule has 2 aliphatic rings. The molecule has 2 aliphatic heterocycles. The van der Waals surface area contributed by atoms with Gasteiger partial charge in [0, 0.05) is 18.5 Å². The molecule has 3 heterocycles. The Morgan fingerprint density at radius 2 is 2.14 bits per heavy atom. The second-order valence-electron chi connectivity index (χ2n) is 4.33. The van der Waals surface area contributed by atoms with Gasteiger partial charge < -0.3 is 10.2 Å². The number of anilines is 1. The second-order valence-corrected chi connectivity index (χ2v) is 5.14. The Morgan fingerprint density at radius 3 is 2.79 bits per heavy atom. The third-order valence-corrected chi connectivity index (χ3v) is 4.09. The number of nitrogens with one attached hydrogen (secondary N) is 1. The van der Waals surface area contributed by atoms with Crippen LogP contribution < -0.4 is 10.2 Å². The van der Waals surface area contributed by atoms with E-state index >= 15 is 0 Å². The van der Waals surface area contributed by atoms with Crippen molar-refractivity contribution in [1.82, 2.24) is 15.5 Å². The van der Waals surface area contributed by atoms with Crippen LogP contribution in [-0.2, 0) is 0 Å². The molecule has 1 spiro atoms. The molecule has 14 heavy (non-hydrogen) atoms. The predicted octanol–water partition coefficient (Wildman–Crippen LogP) is 0.728. The lowest BCUT2D eigenvalue weighted by atomic mass is 9.73. The number of hydrogen-bond acceptors (Lipinski definition) is 5. The molecule has 1 N–H and O–H groups in total. The van der Waals surface area contributed by atoms with E-state index in [1.165, 1.54) is 39.0 Å². The highest BCUT2D eigenvalue weighted by atomic mass is 32.1. The van der Waals surface area contributed by atoms with E-state index in [0.29, 0.717) is 5.41 Å². The van der Waals surface area contributed by atoms with Crippen LogP contribution in [0.15, 0.2) is 5.51 Å². The van der Waals surface area contributed by atoms with Crippen molar-refractivity contribution in [3.63, 3.8) is 0 Å². The molecule has 0 radical (unpaired) electrons. The third kappa shape index (κ3) is 1.31. The van der Waals surface area contributed by atoms with E-state index in [1.807, 2.05) is 5.51 Å². The van der Waals surface area contributed by atoms with Gasteiger partial charge in [-0.2, -0.15) is 0 Å². The largest absolute Gasteiger partial charge is 0.345 e. The van der Waals surface area contributed by atoms with Crippen LogP contribution in [0.5, 0.6) is 0 Å². The molecule has 1 aromatic heterocycles. The summed E-state index contributed by atoms with van der Waals surface area (Å²) in [5, 5.41) is 12.5. The molecule has 0 atom stereocenters. The highest BCUT2D eigenvalue weighted by molar-refractivity contribution is 7.13. The van der Waals surface area contributed by atoms with E-state index < -0.39 is 0 Å². The average molecular weight is 210 g/mol. The molecule has 0 unspecified atom stereocenters. The van der Waals surface area contributed by atoms with Gasteiger partial charge in [-0.15, -0.1) is 10.2 Å². The first-order valence-electron chi connectivity index (χ1n) is 5.10. The van der Waals surface area contributed by atoms with Gasteiger partial charge in [0.25, 0.3) is 0 Å². The molecule has 2 saturated heterocycles. The van der Waals surface area contributed by atoms with E-state index in [0.717, 1.165) is 5.13 Å². The van der Waals surface area contributed by atoms with Crippen molar-refractivity contribution in [3.8, 4) is 0 Å². The quantitative estimate of drug-likeness (QED) is 0.742. The molecule has 1 aromatic rings.